The number of benzene rings is 10. The number of hydrogen-bond acceptors (Lipinski definition) is 3. The van der Waals surface area contributed by atoms with Gasteiger partial charge in [-0.2, -0.15) is 0 Å². The van der Waals surface area contributed by atoms with Crippen molar-refractivity contribution in [1.29, 1.82) is 0 Å². The highest BCUT2D eigenvalue weighted by Gasteiger charge is 2.50. The van der Waals surface area contributed by atoms with Crippen LogP contribution in [0.3, 0.4) is 0 Å². The van der Waals surface area contributed by atoms with Crippen LogP contribution < -0.4 is 51.3 Å². The van der Waals surface area contributed by atoms with Crippen LogP contribution in [0.1, 0.15) is 0 Å². The third kappa shape index (κ3) is 5.34. The molecule has 10 aromatic carbocycles. The van der Waals surface area contributed by atoms with Crippen molar-refractivity contribution in [3.05, 3.63) is 255 Å². The van der Waals surface area contributed by atoms with Crippen LogP contribution in [0.5, 0.6) is 0 Å². The van der Waals surface area contributed by atoms with Gasteiger partial charge in [0.25, 0.3) is 0 Å². The summed E-state index contributed by atoms with van der Waals surface area (Å²) in [7, 11) is -5.50. The molecule has 0 aliphatic carbocycles. The van der Waals surface area contributed by atoms with Crippen molar-refractivity contribution in [1.82, 2.24) is 0 Å². The van der Waals surface area contributed by atoms with Gasteiger partial charge in [-0.3, -0.25) is 0 Å². The Hall–Kier alpha value is -7.97. The molecule has 11 aromatic rings. The molecular formula is C60H42N2OSi2. The Kier molecular flexibility index (Phi) is 8.56. The van der Waals surface area contributed by atoms with Crippen molar-refractivity contribution in [2.75, 3.05) is 9.80 Å². The summed E-state index contributed by atoms with van der Waals surface area (Å²) >= 11 is 0. The molecule has 5 heteroatoms. The summed E-state index contributed by atoms with van der Waals surface area (Å²) in [5, 5.41) is 13.1. The van der Waals surface area contributed by atoms with Crippen molar-refractivity contribution in [3.8, 4) is 0 Å². The van der Waals surface area contributed by atoms with Gasteiger partial charge in [0.1, 0.15) is 5.58 Å². The summed E-state index contributed by atoms with van der Waals surface area (Å²) in [4.78, 5) is 4.94. The molecule has 0 saturated carbocycles. The van der Waals surface area contributed by atoms with E-state index in [1.807, 2.05) is 0 Å². The Bertz CT molecular complexity index is 3400. The van der Waals surface area contributed by atoms with E-state index < -0.39 is 16.1 Å². The molecule has 0 amide bonds. The molecule has 0 spiro atoms. The number of anilines is 6. The van der Waals surface area contributed by atoms with E-state index in [1.54, 1.807) is 0 Å². The maximum Gasteiger partial charge on any atom is 0.184 e. The first-order valence-corrected chi connectivity index (χ1v) is 26.4. The van der Waals surface area contributed by atoms with Gasteiger partial charge in [-0.25, -0.2) is 0 Å². The van der Waals surface area contributed by atoms with E-state index in [9.17, 15) is 0 Å². The van der Waals surface area contributed by atoms with Crippen LogP contribution >= 0.6 is 0 Å². The minimum atomic E-state index is -2.76. The second kappa shape index (κ2) is 14.8. The van der Waals surface area contributed by atoms with Gasteiger partial charge in [0.15, 0.2) is 21.7 Å². The largest absolute Gasteiger partial charge is 0.454 e. The molecule has 306 valence electrons. The highest BCUT2D eigenvalue weighted by molar-refractivity contribution is 7.22. The zero-order chi connectivity index (χ0) is 43.0. The summed E-state index contributed by atoms with van der Waals surface area (Å²) in [6, 6.07) is 94.6. The lowest BCUT2D eigenvalue weighted by molar-refractivity contribution is 0.669. The fraction of sp³-hybridized carbons (Fsp3) is 0. The van der Waals surface area contributed by atoms with Gasteiger partial charge in [-0.15, -0.1) is 0 Å². The zero-order valence-corrected chi connectivity index (χ0v) is 37.6. The van der Waals surface area contributed by atoms with Crippen molar-refractivity contribution in [2.45, 2.75) is 0 Å². The van der Waals surface area contributed by atoms with Crippen LogP contribution in [-0.2, 0) is 0 Å². The highest BCUT2D eigenvalue weighted by atomic mass is 28.3. The lowest BCUT2D eigenvalue weighted by Crippen LogP contribution is -2.77. The van der Waals surface area contributed by atoms with Crippen LogP contribution in [0, 0.1) is 0 Å². The van der Waals surface area contributed by atoms with Gasteiger partial charge < -0.3 is 14.2 Å². The van der Waals surface area contributed by atoms with Gasteiger partial charge >= 0.3 is 0 Å². The second-order valence-corrected chi connectivity index (χ2v) is 24.6. The number of nitrogens with zero attached hydrogens (tertiary/aromatic N) is 2. The predicted octanol–water partition coefficient (Wildman–Crippen LogP) is 9.91. The first-order valence-electron chi connectivity index (χ1n) is 22.4. The lowest BCUT2D eigenvalue weighted by Gasteiger charge is -2.45. The molecule has 2 aliphatic rings. The second-order valence-electron chi connectivity index (χ2n) is 17.1. The molecule has 0 radical (unpaired) electrons. The monoisotopic (exact) mass is 862 g/mol. The molecule has 65 heavy (non-hydrogen) atoms. The average molecular weight is 863 g/mol. The number of para-hydroxylation sites is 5. The van der Waals surface area contributed by atoms with Gasteiger partial charge in [0.05, 0.1) is 5.69 Å². The van der Waals surface area contributed by atoms with E-state index in [2.05, 4.69) is 265 Å². The van der Waals surface area contributed by atoms with E-state index in [4.69, 9.17) is 4.42 Å². The van der Waals surface area contributed by atoms with E-state index in [1.165, 1.54) is 64.2 Å². The van der Waals surface area contributed by atoms with Crippen LogP contribution in [0.25, 0.3) is 21.9 Å². The van der Waals surface area contributed by atoms with Gasteiger partial charge in [-0.05, 0) is 90.0 Å². The molecule has 0 N–H and O–H groups in total. The lowest BCUT2D eigenvalue weighted by atomic mass is 10.1. The summed E-state index contributed by atoms with van der Waals surface area (Å²) in [5.41, 5.74) is 8.66. The molecule has 3 nitrogen and oxygen atoms in total. The predicted molar refractivity (Wildman–Crippen MR) is 277 cm³/mol. The van der Waals surface area contributed by atoms with E-state index in [-0.39, 0.29) is 0 Å². The molecule has 13 rings (SSSR count). The normalized spacial score (nSPS) is 14.3. The number of rotatable bonds is 6. The molecule has 0 bridgehead atoms. The molecule has 2 aliphatic heterocycles. The third-order valence-corrected chi connectivity index (χ3v) is 23.7. The van der Waals surface area contributed by atoms with Crippen LogP contribution in [0.15, 0.2) is 259 Å². The topological polar surface area (TPSA) is 19.6 Å². The van der Waals surface area contributed by atoms with Gasteiger partial charge in [0, 0.05) is 39.2 Å². The number of hydrogen-bond donors (Lipinski definition) is 0. The molecule has 0 unspecified atom stereocenters. The summed E-state index contributed by atoms with van der Waals surface area (Å²) in [6.45, 7) is 0. The van der Waals surface area contributed by atoms with Crippen molar-refractivity contribution in [3.63, 3.8) is 0 Å². The Morgan fingerprint density at radius 2 is 0.631 bits per heavy atom. The molecule has 0 saturated heterocycles. The van der Waals surface area contributed by atoms with E-state index in [0.717, 1.165) is 33.3 Å². The average Bonchev–Trinajstić information content (AvgIpc) is 3.77. The first-order chi connectivity index (χ1) is 32.3. The van der Waals surface area contributed by atoms with E-state index in [0.29, 0.717) is 0 Å². The molecule has 0 atom stereocenters. The minimum Gasteiger partial charge on any atom is -0.454 e. The zero-order valence-electron chi connectivity index (χ0n) is 35.6. The minimum absolute atomic E-state index is 0.864. The highest BCUT2D eigenvalue weighted by Crippen LogP contribution is 2.46. The van der Waals surface area contributed by atoms with Gasteiger partial charge in [-0.1, -0.05) is 206 Å². The summed E-state index contributed by atoms with van der Waals surface area (Å²) in [5.74, 6) is 0. The third-order valence-electron chi connectivity index (χ3n) is 14.0. The standard InChI is InChI=1S/C60H42N2OSi2/c1-5-22-44(23-6-1)64(45-24-7-2-8-25-45)56-36-17-13-31-50(56)61(51-32-14-18-37-57(51)64)43-40-41-55-49(42-43)48-30-21-35-54(60(48)63-55)62-52-33-15-19-38-58(52)65(46-26-9-3-10-27-46,47-28-11-4-12-29-47)59-39-20-16-34-53(59)62/h1-42H. The van der Waals surface area contributed by atoms with Crippen molar-refractivity contribution in [2.24, 2.45) is 0 Å². The Morgan fingerprint density at radius 3 is 1.05 bits per heavy atom. The maximum absolute atomic E-state index is 7.08. The Balaban J connectivity index is 1.01. The summed E-state index contributed by atoms with van der Waals surface area (Å²) < 4.78 is 7.08. The number of furan rings is 1. The van der Waals surface area contributed by atoms with Crippen LogP contribution in [0.4, 0.5) is 34.1 Å². The van der Waals surface area contributed by atoms with Crippen LogP contribution in [-0.4, -0.2) is 16.1 Å². The molecule has 3 heterocycles. The van der Waals surface area contributed by atoms with E-state index >= 15 is 0 Å². The molecule has 1 aromatic heterocycles. The Morgan fingerprint density at radius 1 is 0.277 bits per heavy atom. The molecule has 0 fully saturated rings. The summed E-state index contributed by atoms with van der Waals surface area (Å²) in [6.07, 6.45) is 0. The maximum atomic E-state index is 7.08. The Labute approximate surface area is 380 Å². The fourth-order valence-corrected chi connectivity index (χ4v) is 21.7. The smallest absolute Gasteiger partial charge is 0.184 e. The quantitative estimate of drug-likeness (QED) is 0.155. The number of fused-ring (bicyclic) bond motifs is 7. The fourth-order valence-electron chi connectivity index (χ4n) is 11.4. The first kappa shape index (κ1) is 37.6. The van der Waals surface area contributed by atoms with Crippen LogP contribution in [0.2, 0.25) is 0 Å². The van der Waals surface area contributed by atoms with Crippen molar-refractivity contribution >= 4 is 114 Å². The van der Waals surface area contributed by atoms with Crippen molar-refractivity contribution < 1.29 is 4.42 Å². The molecular weight excluding hydrogens is 821 g/mol. The SMILES string of the molecule is c1ccc([Si]2(c3ccccc3)c3ccccc3N(c3ccc4oc5c(N6c7ccccc7[Si](c7ccccc7)(c7ccccc7)c7ccccc76)cccc5c4c3)c3ccccc32)cc1. The van der Waals surface area contributed by atoms with Gasteiger partial charge in [0.2, 0.25) is 0 Å².